The maximum atomic E-state index is 12.6. The predicted octanol–water partition coefficient (Wildman–Crippen LogP) is 4.21. The molecule has 0 aromatic heterocycles. The second-order valence-electron chi connectivity index (χ2n) is 6.98. The number of benzene rings is 3. The molecule has 32 heavy (non-hydrogen) atoms. The van der Waals surface area contributed by atoms with Crippen molar-refractivity contribution in [3.8, 4) is 11.1 Å². The first kappa shape index (κ1) is 20.8. The topological polar surface area (TPSA) is 111 Å². The van der Waals surface area contributed by atoms with Crippen LogP contribution in [0.5, 0.6) is 0 Å². The first-order valence-corrected chi connectivity index (χ1v) is 9.69. The van der Waals surface area contributed by atoms with Gasteiger partial charge in [0.05, 0.1) is 18.5 Å². The van der Waals surface area contributed by atoms with Crippen LogP contribution in [-0.2, 0) is 9.53 Å². The number of Topliss-reactive ketones (excluding diaryl/α,β-unsaturated/α-hetero) is 1. The number of fused-ring (bicyclic) bond motifs is 3. The number of ketones is 1. The van der Waals surface area contributed by atoms with E-state index in [-0.39, 0.29) is 23.4 Å². The molecule has 0 saturated carbocycles. The van der Waals surface area contributed by atoms with Crippen LogP contribution in [0.25, 0.3) is 11.1 Å². The van der Waals surface area contributed by atoms with Crippen molar-refractivity contribution < 1.29 is 19.2 Å². The molecule has 0 bridgehead atoms. The van der Waals surface area contributed by atoms with Gasteiger partial charge in [-0.25, -0.2) is 4.79 Å². The summed E-state index contributed by atoms with van der Waals surface area (Å²) in [6.07, 6.45) is -0.357. The molecule has 3 aromatic carbocycles. The van der Waals surface area contributed by atoms with Crippen LogP contribution >= 0.6 is 0 Å². The number of nitro groups is 1. The highest BCUT2D eigenvalue weighted by Gasteiger charge is 2.25. The second kappa shape index (κ2) is 8.73. The fraction of sp³-hybridized carbons (Fsp3) is 0.0833. The number of methoxy groups -OCH3 is 1. The largest absolute Gasteiger partial charge is 0.464 e. The van der Waals surface area contributed by atoms with Crippen molar-refractivity contribution >= 4 is 28.9 Å². The number of non-ortho nitro benzene ring substituents is 1. The third kappa shape index (κ3) is 3.93. The van der Waals surface area contributed by atoms with Crippen LogP contribution in [0.3, 0.4) is 0 Å². The van der Waals surface area contributed by atoms with Gasteiger partial charge in [-0.15, -0.1) is 10.2 Å². The summed E-state index contributed by atoms with van der Waals surface area (Å²) in [4.78, 5) is 35.1. The maximum Gasteiger partial charge on any atom is 0.354 e. The SMILES string of the molecule is COC(=O)C(CC(=O)c1ccc([N+](=O)[O-])cc1)=NN=C1c2ccccc2-c2ccccc21. The Balaban J connectivity index is 1.68. The molecular formula is C24H17N3O5. The van der Waals surface area contributed by atoms with Crippen LogP contribution in [0, 0.1) is 10.1 Å². The molecule has 0 fully saturated rings. The number of hydrogen-bond acceptors (Lipinski definition) is 7. The van der Waals surface area contributed by atoms with Gasteiger partial charge in [0.15, 0.2) is 11.5 Å². The minimum atomic E-state index is -0.774. The number of nitro benzene ring substituents is 1. The number of hydrogen-bond donors (Lipinski definition) is 0. The Hall–Kier alpha value is -4.46. The Bertz CT molecular complexity index is 1250. The van der Waals surface area contributed by atoms with Crippen LogP contribution < -0.4 is 0 Å². The van der Waals surface area contributed by atoms with Gasteiger partial charge in [-0.05, 0) is 23.3 Å². The number of esters is 1. The van der Waals surface area contributed by atoms with Gasteiger partial charge in [-0.2, -0.15) is 0 Å². The summed E-state index contributed by atoms with van der Waals surface area (Å²) in [5.74, 6) is -1.21. The average molecular weight is 427 g/mol. The van der Waals surface area contributed by atoms with Crippen LogP contribution in [-0.4, -0.2) is 35.2 Å². The van der Waals surface area contributed by atoms with Crippen molar-refractivity contribution in [1.29, 1.82) is 0 Å². The van der Waals surface area contributed by atoms with Crippen LogP contribution in [0.4, 0.5) is 5.69 Å². The fourth-order valence-electron chi connectivity index (χ4n) is 3.50. The first-order valence-electron chi connectivity index (χ1n) is 9.69. The van der Waals surface area contributed by atoms with E-state index in [1.165, 1.54) is 31.4 Å². The van der Waals surface area contributed by atoms with Gasteiger partial charge >= 0.3 is 5.97 Å². The lowest BCUT2D eigenvalue weighted by Crippen LogP contribution is -2.20. The molecule has 8 nitrogen and oxygen atoms in total. The molecule has 1 aliphatic carbocycles. The van der Waals surface area contributed by atoms with Crippen LogP contribution in [0.2, 0.25) is 0 Å². The van der Waals surface area contributed by atoms with Crippen molar-refractivity contribution in [2.75, 3.05) is 7.11 Å². The Morgan fingerprint density at radius 3 is 1.91 bits per heavy atom. The number of ether oxygens (including phenoxy) is 1. The maximum absolute atomic E-state index is 12.6. The van der Waals surface area contributed by atoms with Crippen molar-refractivity contribution in [3.05, 3.63) is 99.6 Å². The second-order valence-corrected chi connectivity index (χ2v) is 6.98. The highest BCUT2D eigenvalue weighted by atomic mass is 16.6. The molecule has 0 N–H and O–H groups in total. The smallest absolute Gasteiger partial charge is 0.354 e. The minimum absolute atomic E-state index is 0.131. The molecule has 4 rings (SSSR count). The van der Waals surface area contributed by atoms with Crippen LogP contribution in [0.1, 0.15) is 27.9 Å². The van der Waals surface area contributed by atoms with Crippen molar-refractivity contribution in [3.63, 3.8) is 0 Å². The monoisotopic (exact) mass is 427 g/mol. The summed E-state index contributed by atoms with van der Waals surface area (Å²) in [5.41, 5.74) is 4.30. The lowest BCUT2D eigenvalue weighted by molar-refractivity contribution is -0.384. The van der Waals surface area contributed by atoms with Gasteiger partial charge in [0.25, 0.3) is 5.69 Å². The molecule has 0 heterocycles. The third-order valence-electron chi connectivity index (χ3n) is 5.07. The van der Waals surface area contributed by atoms with Crippen molar-refractivity contribution in [2.24, 2.45) is 10.2 Å². The molecule has 0 saturated heterocycles. The predicted molar refractivity (Wildman–Crippen MR) is 119 cm³/mol. The Morgan fingerprint density at radius 2 is 1.41 bits per heavy atom. The normalized spacial score (nSPS) is 12.0. The highest BCUT2D eigenvalue weighted by molar-refractivity contribution is 6.40. The van der Waals surface area contributed by atoms with E-state index in [1.54, 1.807) is 0 Å². The van der Waals surface area contributed by atoms with E-state index < -0.39 is 16.7 Å². The number of carbonyl (C=O) groups excluding carboxylic acids is 2. The Kier molecular flexibility index (Phi) is 5.67. The molecule has 0 aliphatic heterocycles. The average Bonchev–Trinajstić information content (AvgIpc) is 3.15. The summed E-state index contributed by atoms with van der Waals surface area (Å²) in [6.45, 7) is 0. The van der Waals surface area contributed by atoms with Gasteiger partial charge in [-0.3, -0.25) is 14.9 Å². The molecule has 0 spiro atoms. The number of nitrogens with zero attached hydrogens (tertiary/aromatic N) is 3. The summed E-state index contributed by atoms with van der Waals surface area (Å²) < 4.78 is 4.77. The molecular weight excluding hydrogens is 410 g/mol. The zero-order chi connectivity index (χ0) is 22.7. The molecule has 0 amide bonds. The highest BCUT2D eigenvalue weighted by Crippen LogP contribution is 2.36. The van der Waals surface area contributed by atoms with E-state index in [4.69, 9.17) is 4.74 Å². The zero-order valence-electron chi connectivity index (χ0n) is 17.0. The van der Waals surface area contributed by atoms with Gasteiger partial charge in [-0.1, -0.05) is 48.5 Å². The summed E-state index contributed by atoms with van der Waals surface area (Å²) in [5, 5.41) is 19.2. The number of carbonyl (C=O) groups is 2. The Labute approximate surface area is 183 Å². The van der Waals surface area contributed by atoms with Gasteiger partial charge in [0, 0.05) is 28.8 Å². The molecule has 0 unspecified atom stereocenters. The zero-order valence-corrected chi connectivity index (χ0v) is 17.0. The molecule has 158 valence electrons. The molecule has 3 aromatic rings. The summed E-state index contributed by atoms with van der Waals surface area (Å²) >= 11 is 0. The van der Waals surface area contributed by atoms with E-state index >= 15 is 0 Å². The lowest BCUT2D eigenvalue weighted by atomic mass is 10.1. The van der Waals surface area contributed by atoms with E-state index in [0.717, 1.165) is 22.3 Å². The van der Waals surface area contributed by atoms with Gasteiger partial charge in [0.1, 0.15) is 5.71 Å². The van der Waals surface area contributed by atoms with Crippen LogP contribution in [0.15, 0.2) is 83.0 Å². The van der Waals surface area contributed by atoms with Crippen molar-refractivity contribution in [2.45, 2.75) is 6.42 Å². The molecule has 0 atom stereocenters. The molecule has 0 radical (unpaired) electrons. The van der Waals surface area contributed by atoms with E-state index in [2.05, 4.69) is 10.2 Å². The molecule has 8 heteroatoms. The molecule has 1 aliphatic rings. The first-order chi connectivity index (χ1) is 15.5. The van der Waals surface area contributed by atoms with E-state index in [9.17, 15) is 19.7 Å². The third-order valence-corrected chi connectivity index (χ3v) is 5.07. The lowest BCUT2D eigenvalue weighted by Gasteiger charge is -2.04. The summed E-state index contributed by atoms with van der Waals surface area (Å²) in [6, 6.07) is 20.6. The Morgan fingerprint density at radius 1 is 0.875 bits per heavy atom. The standard InChI is InChI=1S/C24H17N3O5/c1-32-24(29)21(14-22(28)15-10-12-16(13-11-15)27(30)31)25-26-23-19-8-4-2-6-17(19)18-7-3-5-9-20(18)23/h2-13H,14H2,1H3. The summed E-state index contributed by atoms with van der Waals surface area (Å²) in [7, 11) is 1.20. The van der Waals surface area contributed by atoms with E-state index in [1.807, 2.05) is 48.5 Å². The minimum Gasteiger partial charge on any atom is -0.464 e. The van der Waals surface area contributed by atoms with E-state index in [0.29, 0.717) is 5.71 Å². The number of rotatable bonds is 6. The van der Waals surface area contributed by atoms with Crippen molar-refractivity contribution in [1.82, 2.24) is 0 Å². The quantitative estimate of drug-likeness (QED) is 0.150. The fourth-order valence-corrected chi connectivity index (χ4v) is 3.50. The van der Waals surface area contributed by atoms with Gasteiger partial charge < -0.3 is 4.74 Å². The van der Waals surface area contributed by atoms with Gasteiger partial charge in [0.2, 0.25) is 0 Å².